The van der Waals surface area contributed by atoms with Gasteiger partial charge in [0.1, 0.15) is 0 Å². The molecule has 0 aliphatic rings. The van der Waals surface area contributed by atoms with Gasteiger partial charge >= 0.3 is 0 Å². The second kappa shape index (κ2) is 7.09. The molecule has 3 nitrogen and oxygen atoms in total. The summed E-state index contributed by atoms with van der Waals surface area (Å²) in [5, 5.41) is 13.9. The van der Waals surface area contributed by atoms with E-state index in [-0.39, 0.29) is 0 Å². The van der Waals surface area contributed by atoms with Gasteiger partial charge in [0.05, 0.1) is 12.7 Å². The lowest BCUT2D eigenvalue weighted by Crippen LogP contribution is -2.25. The van der Waals surface area contributed by atoms with Crippen LogP contribution >= 0.6 is 23.2 Å². The van der Waals surface area contributed by atoms with Crippen molar-refractivity contribution in [1.29, 1.82) is 0 Å². The number of hydrogen-bond donors (Lipinski definition) is 2. The Labute approximate surface area is 105 Å². The highest BCUT2D eigenvalue weighted by Gasteiger charge is 2.14. The average molecular weight is 264 g/mol. The Balaban J connectivity index is 2.55. The first-order valence-corrected chi connectivity index (χ1v) is 5.74. The van der Waals surface area contributed by atoms with Crippen LogP contribution in [0.5, 0.6) is 0 Å². The zero-order valence-corrected chi connectivity index (χ0v) is 10.6. The Morgan fingerprint density at radius 1 is 1.38 bits per heavy atom. The maximum Gasteiger partial charge on any atom is 0.0943 e. The normalized spacial score (nSPS) is 12.8. The minimum absolute atomic E-state index is 0.396. The van der Waals surface area contributed by atoms with Crippen molar-refractivity contribution >= 4 is 23.2 Å². The fourth-order valence-corrected chi connectivity index (χ4v) is 1.99. The van der Waals surface area contributed by atoms with E-state index in [2.05, 4.69) is 5.32 Å². The van der Waals surface area contributed by atoms with E-state index in [1.54, 1.807) is 25.3 Å². The molecule has 2 N–H and O–H groups in total. The third-order valence-electron chi connectivity index (χ3n) is 2.15. The van der Waals surface area contributed by atoms with E-state index in [0.29, 0.717) is 35.3 Å². The number of nitrogens with one attached hydrogen (secondary N) is 1. The number of aliphatic hydroxyl groups is 1. The molecule has 1 aromatic carbocycles. The number of aliphatic hydroxyl groups excluding tert-OH is 1. The number of ether oxygens (including phenoxy) is 1. The molecule has 0 saturated carbocycles. The average Bonchev–Trinajstić information content (AvgIpc) is 2.24. The minimum atomic E-state index is -0.710. The van der Waals surface area contributed by atoms with Crippen LogP contribution in [0.4, 0.5) is 0 Å². The third-order valence-corrected chi connectivity index (χ3v) is 2.81. The predicted octanol–water partition coefficient (Wildman–Crippen LogP) is 2.26. The van der Waals surface area contributed by atoms with Crippen LogP contribution in [0.25, 0.3) is 0 Å². The molecule has 0 aliphatic carbocycles. The van der Waals surface area contributed by atoms with Crippen molar-refractivity contribution in [3.05, 3.63) is 33.8 Å². The summed E-state index contributed by atoms with van der Waals surface area (Å²) in [5.74, 6) is 0. The highest BCUT2D eigenvalue weighted by atomic mass is 35.5. The molecular weight excluding hydrogens is 249 g/mol. The van der Waals surface area contributed by atoms with Crippen molar-refractivity contribution < 1.29 is 9.84 Å². The first kappa shape index (κ1) is 13.7. The second-order valence-electron chi connectivity index (χ2n) is 3.35. The monoisotopic (exact) mass is 263 g/mol. The van der Waals surface area contributed by atoms with Crippen LogP contribution in [0.1, 0.15) is 11.7 Å². The molecule has 90 valence electrons. The summed E-state index contributed by atoms with van der Waals surface area (Å²) in [5.41, 5.74) is 0.566. The smallest absolute Gasteiger partial charge is 0.0943 e. The van der Waals surface area contributed by atoms with Gasteiger partial charge in [-0.3, -0.25) is 0 Å². The summed E-state index contributed by atoms with van der Waals surface area (Å²) in [6.07, 6.45) is -0.710. The molecule has 0 bridgehead atoms. The van der Waals surface area contributed by atoms with Gasteiger partial charge in [-0.2, -0.15) is 0 Å². The molecular formula is C11H15Cl2NO2. The Hall–Kier alpha value is -0.320. The molecule has 0 radical (unpaired) electrons. The zero-order valence-electron chi connectivity index (χ0n) is 9.04. The number of halogens is 2. The van der Waals surface area contributed by atoms with E-state index in [4.69, 9.17) is 27.9 Å². The molecule has 1 unspecified atom stereocenters. The number of benzene rings is 1. The Morgan fingerprint density at radius 3 is 2.56 bits per heavy atom. The Morgan fingerprint density at radius 2 is 2.00 bits per heavy atom. The summed E-state index contributed by atoms with van der Waals surface area (Å²) in [4.78, 5) is 0. The Kier molecular flexibility index (Phi) is 6.09. The molecule has 0 saturated heterocycles. The maximum absolute atomic E-state index is 9.91. The van der Waals surface area contributed by atoms with Gasteiger partial charge in [-0.25, -0.2) is 0 Å². The lowest BCUT2D eigenvalue weighted by atomic mass is 10.1. The van der Waals surface area contributed by atoms with E-state index in [1.165, 1.54) is 0 Å². The molecule has 16 heavy (non-hydrogen) atoms. The van der Waals surface area contributed by atoms with Crippen molar-refractivity contribution in [3.8, 4) is 0 Å². The molecule has 0 heterocycles. The van der Waals surface area contributed by atoms with Gasteiger partial charge in [-0.15, -0.1) is 0 Å². The molecule has 0 aromatic heterocycles. The van der Waals surface area contributed by atoms with Crippen molar-refractivity contribution in [1.82, 2.24) is 5.32 Å². The molecule has 1 atom stereocenters. The highest BCUT2D eigenvalue weighted by molar-refractivity contribution is 6.36. The summed E-state index contributed by atoms with van der Waals surface area (Å²) in [6.45, 7) is 1.67. The van der Waals surface area contributed by atoms with Gasteiger partial charge in [-0.1, -0.05) is 29.3 Å². The van der Waals surface area contributed by atoms with Crippen LogP contribution < -0.4 is 5.32 Å². The van der Waals surface area contributed by atoms with Crippen LogP contribution in [0.2, 0.25) is 10.0 Å². The van der Waals surface area contributed by atoms with E-state index >= 15 is 0 Å². The lowest BCUT2D eigenvalue weighted by molar-refractivity contribution is 0.162. The zero-order chi connectivity index (χ0) is 12.0. The largest absolute Gasteiger partial charge is 0.387 e. The summed E-state index contributed by atoms with van der Waals surface area (Å²) < 4.78 is 4.88. The van der Waals surface area contributed by atoms with Gasteiger partial charge in [-0.05, 0) is 12.1 Å². The highest BCUT2D eigenvalue weighted by Crippen LogP contribution is 2.29. The summed E-state index contributed by atoms with van der Waals surface area (Å²) >= 11 is 11.9. The van der Waals surface area contributed by atoms with E-state index in [1.807, 2.05) is 0 Å². The van der Waals surface area contributed by atoms with Gasteiger partial charge < -0.3 is 15.2 Å². The fourth-order valence-electron chi connectivity index (χ4n) is 1.34. The molecule has 1 aromatic rings. The van der Waals surface area contributed by atoms with E-state index in [0.717, 1.165) is 0 Å². The molecule has 0 spiro atoms. The molecule has 0 fully saturated rings. The molecule has 5 heteroatoms. The summed E-state index contributed by atoms with van der Waals surface area (Å²) in [6, 6.07) is 5.17. The quantitative estimate of drug-likeness (QED) is 0.774. The van der Waals surface area contributed by atoms with Gasteiger partial charge in [0, 0.05) is 35.8 Å². The lowest BCUT2D eigenvalue weighted by Gasteiger charge is -2.15. The maximum atomic E-state index is 9.91. The standard InChI is InChI=1S/C11H15Cl2NO2/c1-16-6-5-14-7-10(15)11-8(12)3-2-4-9(11)13/h2-4,10,14-15H,5-7H2,1H3. The van der Waals surface area contributed by atoms with Crippen LogP contribution in [-0.4, -0.2) is 31.9 Å². The minimum Gasteiger partial charge on any atom is -0.387 e. The topological polar surface area (TPSA) is 41.5 Å². The second-order valence-corrected chi connectivity index (χ2v) is 4.16. The van der Waals surface area contributed by atoms with Crippen LogP contribution in [-0.2, 0) is 4.74 Å². The third kappa shape index (κ3) is 3.92. The van der Waals surface area contributed by atoms with Gasteiger partial charge in [0.2, 0.25) is 0 Å². The fraction of sp³-hybridized carbons (Fsp3) is 0.455. The molecule has 0 amide bonds. The van der Waals surface area contributed by atoms with E-state index in [9.17, 15) is 5.11 Å². The first-order valence-electron chi connectivity index (χ1n) is 4.98. The number of hydrogen-bond acceptors (Lipinski definition) is 3. The predicted molar refractivity (Wildman–Crippen MR) is 66.2 cm³/mol. The SMILES string of the molecule is COCCNCC(O)c1c(Cl)cccc1Cl. The van der Waals surface area contributed by atoms with Crippen LogP contribution in [0.3, 0.4) is 0 Å². The molecule has 1 rings (SSSR count). The van der Waals surface area contributed by atoms with Crippen molar-refractivity contribution in [2.75, 3.05) is 26.8 Å². The first-order chi connectivity index (χ1) is 7.66. The van der Waals surface area contributed by atoms with Crippen molar-refractivity contribution in [2.24, 2.45) is 0 Å². The summed E-state index contributed by atoms with van der Waals surface area (Å²) in [7, 11) is 1.63. The van der Waals surface area contributed by atoms with Crippen molar-refractivity contribution in [2.45, 2.75) is 6.10 Å². The van der Waals surface area contributed by atoms with Gasteiger partial charge in [0.25, 0.3) is 0 Å². The van der Waals surface area contributed by atoms with Gasteiger partial charge in [0.15, 0.2) is 0 Å². The van der Waals surface area contributed by atoms with Crippen LogP contribution in [0.15, 0.2) is 18.2 Å². The number of rotatable bonds is 6. The van der Waals surface area contributed by atoms with E-state index < -0.39 is 6.10 Å². The Bertz CT molecular complexity index is 314. The van der Waals surface area contributed by atoms with Crippen LogP contribution in [0, 0.1) is 0 Å². The number of methoxy groups -OCH3 is 1. The van der Waals surface area contributed by atoms with Crippen molar-refractivity contribution in [3.63, 3.8) is 0 Å². The molecule has 0 aliphatic heterocycles.